The highest BCUT2D eigenvalue weighted by molar-refractivity contribution is 5.24. The van der Waals surface area contributed by atoms with Crippen molar-refractivity contribution in [1.29, 1.82) is 0 Å². The smallest absolute Gasteiger partial charge is 0.167 e. The molecule has 0 aliphatic rings. The summed E-state index contributed by atoms with van der Waals surface area (Å²) >= 11 is 0. The molecule has 0 unspecified atom stereocenters. The summed E-state index contributed by atoms with van der Waals surface area (Å²) in [6.45, 7) is 1.99. The highest BCUT2D eigenvalue weighted by Gasteiger charge is 2.04. The van der Waals surface area contributed by atoms with Gasteiger partial charge in [-0.25, -0.2) is 8.78 Å². The summed E-state index contributed by atoms with van der Waals surface area (Å²) in [6, 6.07) is 3.22. The van der Waals surface area contributed by atoms with Crippen molar-refractivity contribution in [1.82, 2.24) is 0 Å². The molecule has 0 radical (unpaired) electrons. The molecule has 0 saturated heterocycles. The van der Waals surface area contributed by atoms with Crippen molar-refractivity contribution in [2.24, 2.45) is 5.73 Å². The Balaban J connectivity index is 2.07. The van der Waals surface area contributed by atoms with Crippen molar-refractivity contribution >= 4 is 0 Å². The summed E-state index contributed by atoms with van der Waals surface area (Å²) < 4.78 is 36.2. The number of ether oxygens (including phenoxy) is 2. The molecule has 2 N–H and O–H groups in total. The molecule has 0 saturated carbocycles. The van der Waals surface area contributed by atoms with Gasteiger partial charge in [0.15, 0.2) is 11.6 Å². The lowest BCUT2D eigenvalue weighted by Crippen LogP contribution is -2.08. The van der Waals surface area contributed by atoms with Crippen LogP contribution < -0.4 is 10.5 Å². The highest BCUT2D eigenvalue weighted by atomic mass is 19.1. The fraction of sp³-hybridized carbons (Fsp3) is 0.538. The topological polar surface area (TPSA) is 44.5 Å². The van der Waals surface area contributed by atoms with Crippen LogP contribution in [0.2, 0.25) is 0 Å². The van der Waals surface area contributed by atoms with E-state index in [-0.39, 0.29) is 12.4 Å². The molecule has 1 aromatic rings. The Kier molecular flexibility index (Phi) is 7.29. The Morgan fingerprint density at radius 1 is 1.00 bits per heavy atom. The number of halogens is 2. The summed E-state index contributed by atoms with van der Waals surface area (Å²) in [5.74, 6) is -1.27. The van der Waals surface area contributed by atoms with E-state index in [9.17, 15) is 8.78 Å². The minimum absolute atomic E-state index is 0.0446. The largest absolute Gasteiger partial charge is 0.488 e. The molecule has 0 aromatic heterocycles. The first kappa shape index (κ1) is 14.9. The van der Waals surface area contributed by atoms with Gasteiger partial charge in [0.05, 0.1) is 6.61 Å². The molecule has 0 amide bonds. The molecule has 0 aliphatic heterocycles. The van der Waals surface area contributed by atoms with E-state index < -0.39 is 11.6 Å². The van der Waals surface area contributed by atoms with Crippen LogP contribution in [0.4, 0.5) is 8.78 Å². The molecule has 3 nitrogen and oxygen atoms in total. The van der Waals surface area contributed by atoms with Gasteiger partial charge in [-0.1, -0.05) is 0 Å². The Labute approximate surface area is 106 Å². The molecule has 0 heterocycles. The summed E-state index contributed by atoms with van der Waals surface area (Å²) in [5.41, 5.74) is 5.36. The SMILES string of the molecule is NCCCCCOCCOc1ccc(F)cc1F. The van der Waals surface area contributed by atoms with Crippen LogP contribution in [0, 0.1) is 11.6 Å². The van der Waals surface area contributed by atoms with Gasteiger partial charge in [0.2, 0.25) is 0 Å². The molecular weight excluding hydrogens is 240 g/mol. The molecule has 0 spiro atoms. The van der Waals surface area contributed by atoms with Crippen LogP contribution >= 0.6 is 0 Å². The lowest BCUT2D eigenvalue weighted by atomic mass is 10.2. The van der Waals surface area contributed by atoms with Crippen LogP contribution in [-0.4, -0.2) is 26.4 Å². The van der Waals surface area contributed by atoms with E-state index in [1.165, 1.54) is 6.07 Å². The Morgan fingerprint density at radius 2 is 1.83 bits per heavy atom. The van der Waals surface area contributed by atoms with E-state index in [2.05, 4.69) is 0 Å². The maximum absolute atomic E-state index is 13.1. The minimum atomic E-state index is -0.696. The molecule has 0 atom stereocenters. The van der Waals surface area contributed by atoms with Crippen LogP contribution in [-0.2, 0) is 4.74 Å². The third-order valence-electron chi connectivity index (χ3n) is 2.37. The Bertz CT molecular complexity index is 348. The fourth-order valence-corrected chi connectivity index (χ4v) is 1.43. The zero-order valence-corrected chi connectivity index (χ0v) is 10.3. The van der Waals surface area contributed by atoms with Crippen molar-refractivity contribution in [2.75, 3.05) is 26.4 Å². The number of nitrogens with two attached hydrogens (primary N) is 1. The lowest BCUT2D eigenvalue weighted by Gasteiger charge is -2.07. The van der Waals surface area contributed by atoms with Crippen LogP contribution in [0.1, 0.15) is 19.3 Å². The molecule has 1 aromatic carbocycles. The summed E-state index contributed by atoms with van der Waals surface area (Å²) in [7, 11) is 0. The van der Waals surface area contributed by atoms with Gasteiger partial charge in [0.25, 0.3) is 0 Å². The van der Waals surface area contributed by atoms with Crippen molar-refractivity contribution in [3.63, 3.8) is 0 Å². The van der Waals surface area contributed by atoms with E-state index in [4.69, 9.17) is 15.2 Å². The zero-order chi connectivity index (χ0) is 13.2. The van der Waals surface area contributed by atoms with Crippen LogP contribution in [0.5, 0.6) is 5.75 Å². The predicted octanol–water partition coefficient (Wildman–Crippen LogP) is 2.49. The molecule has 5 heteroatoms. The molecule has 102 valence electrons. The fourth-order valence-electron chi connectivity index (χ4n) is 1.43. The van der Waals surface area contributed by atoms with Crippen LogP contribution in [0.3, 0.4) is 0 Å². The van der Waals surface area contributed by atoms with Crippen LogP contribution in [0.15, 0.2) is 18.2 Å². The molecular formula is C13H19F2NO2. The number of hydrogen-bond acceptors (Lipinski definition) is 3. The van der Waals surface area contributed by atoms with E-state index in [0.29, 0.717) is 19.8 Å². The van der Waals surface area contributed by atoms with Gasteiger partial charge in [-0.2, -0.15) is 0 Å². The van der Waals surface area contributed by atoms with Gasteiger partial charge in [-0.3, -0.25) is 0 Å². The second-order valence-corrected chi connectivity index (χ2v) is 3.88. The maximum Gasteiger partial charge on any atom is 0.167 e. The van der Waals surface area contributed by atoms with E-state index in [0.717, 1.165) is 31.4 Å². The van der Waals surface area contributed by atoms with E-state index in [1.807, 2.05) is 0 Å². The van der Waals surface area contributed by atoms with E-state index >= 15 is 0 Å². The molecule has 1 rings (SSSR count). The summed E-state index contributed by atoms with van der Waals surface area (Å²) in [6.07, 6.45) is 3.01. The number of hydrogen-bond donors (Lipinski definition) is 1. The number of benzene rings is 1. The van der Waals surface area contributed by atoms with Gasteiger partial charge in [-0.15, -0.1) is 0 Å². The second kappa shape index (κ2) is 8.83. The van der Waals surface area contributed by atoms with Crippen molar-refractivity contribution in [3.8, 4) is 5.75 Å². The average Bonchev–Trinajstić information content (AvgIpc) is 2.35. The van der Waals surface area contributed by atoms with Gasteiger partial charge < -0.3 is 15.2 Å². The Hall–Kier alpha value is -1.20. The number of unbranched alkanes of at least 4 members (excludes halogenated alkanes) is 2. The first-order valence-corrected chi connectivity index (χ1v) is 6.09. The minimum Gasteiger partial charge on any atom is -0.488 e. The molecule has 0 fully saturated rings. The van der Waals surface area contributed by atoms with Gasteiger partial charge >= 0.3 is 0 Å². The maximum atomic E-state index is 13.1. The number of rotatable bonds is 9. The third kappa shape index (κ3) is 5.93. The standard InChI is InChI=1S/C13H19F2NO2/c14-11-4-5-13(12(15)10-11)18-9-8-17-7-3-1-2-6-16/h4-5,10H,1-3,6-9,16H2. The second-order valence-electron chi connectivity index (χ2n) is 3.88. The quantitative estimate of drug-likeness (QED) is 0.693. The van der Waals surface area contributed by atoms with E-state index in [1.54, 1.807) is 0 Å². The highest BCUT2D eigenvalue weighted by Crippen LogP contribution is 2.17. The van der Waals surface area contributed by atoms with Crippen LogP contribution in [0.25, 0.3) is 0 Å². The summed E-state index contributed by atoms with van der Waals surface area (Å²) in [4.78, 5) is 0. The van der Waals surface area contributed by atoms with Gasteiger partial charge in [0, 0.05) is 12.7 Å². The first-order valence-electron chi connectivity index (χ1n) is 6.09. The average molecular weight is 259 g/mol. The van der Waals surface area contributed by atoms with Crippen molar-refractivity contribution in [2.45, 2.75) is 19.3 Å². The zero-order valence-electron chi connectivity index (χ0n) is 10.3. The van der Waals surface area contributed by atoms with Gasteiger partial charge in [0.1, 0.15) is 12.4 Å². The summed E-state index contributed by atoms with van der Waals surface area (Å²) in [5, 5.41) is 0. The monoisotopic (exact) mass is 259 g/mol. The normalized spacial score (nSPS) is 10.6. The van der Waals surface area contributed by atoms with Gasteiger partial charge in [-0.05, 0) is 37.9 Å². The van der Waals surface area contributed by atoms with Crippen molar-refractivity contribution in [3.05, 3.63) is 29.8 Å². The lowest BCUT2D eigenvalue weighted by molar-refractivity contribution is 0.0958. The Morgan fingerprint density at radius 3 is 2.56 bits per heavy atom. The predicted molar refractivity (Wildman–Crippen MR) is 65.6 cm³/mol. The third-order valence-corrected chi connectivity index (χ3v) is 2.37. The first-order chi connectivity index (χ1) is 8.74. The molecule has 0 aliphatic carbocycles. The van der Waals surface area contributed by atoms with Crippen molar-refractivity contribution < 1.29 is 18.3 Å². The molecule has 0 bridgehead atoms. The molecule has 18 heavy (non-hydrogen) atoms.